The highest BCUT2D eigenvalue weighted by molar-refractivity contribution is 7.15. The summed E-state index contributed by atoms with van der Waals surface area (Å²) in [6.45, 7) is 0.739. The predicted octanol–water partition coefficient (Wildman–Crippen LogP) is 4.12. The molecule has 1 amide bonds. The number of carbonyl (C=O) groups is 1. The highest BCUT2D eigenvalue weighted by atomic mass is 32.1. The van der Waals surface area contributed by atoms with E-state index < -0.39 is 0 Å². The van der Waals surface area contributed by atoms with E-state index in [4.69, 9.17) is 4.74 Å². The van der Waals surface area contributed by atoms with Gasteiger partial charge in [-0.25, -0.2) is 0 Å². The summed E-state index contributed by atoms with van der Waals surface area (Å²) >= 11 is 1.61. The topological polar surface area (TPSA) is 64.1 Å². The number of hydrogen-bond donors (Lipinski definition) is 1. The zero-order valence-corrected chi connectivity index (χ0v) is 16.8. The molecule has 146 valence electrons. The minimum absolute atomic E-state index is 0.0212. The van der Waals surface area contributed by atoms with Crippen molar-refractivity contribution in [2.75, 3.05) is 11.9 Å². The number of ether oxygens (including phenoxy) is 1. The van der Waals surface area contributed by atoms with Crippen LogP contribution in [0.2, 0.25) is 0 Å². The monoisotopic (exact) mass is 395 g/mol. The number of carbonyl (C=O) groups excluding carboxylic acids is 1. The third kappa shape index (κ3) is 2.84. The lowest BCUT2D eigenvalue weighted by atomic mass is 9.50. The fourth-order valence-corrected chi connectivity index (χ4v) is 7.54. The van der Waals surface area contributed by atoms with Crippen LogP contribution in [0.1, 0.15) is 54.7 Å². The van der Waals surface area contributed by atoms with Crippen molar-refractivity contribution in [3.63, 3.8) is 0 Å². The van der Waals surface area contributed by atoms with Crippen LogP contribution >= 0.6 is 11.3 Å². The second-order valence-electron chi connectivity index (χ2n) is 9.38. The number of fused-ring (bicyclic) bond motifs is 1. The number of nitrogens with zero attached hydrogens (tertiary/aromatic N) is 2. The predicted molar refractivity (Wildman–Crippen MR) is 108 cm³/mol. The van der Waals surface area contributed by atoms with E-state index >= 15 is 0 Å². The van der Waals surface area contributed by atoms with Crippen LogP contribution in [-0.2, 0) is 23.1 Å². The molecule has 5 nitrogen and oxygen atoms in total. The van der Waals surface area contributed by atoms with Gasteiger partial charge in [-0.05, 0) is 73.5 Å². The van der Waals surface area contributed by atoms with Crippen LogP contribution in [0.3, 0.4) is 0 Å². The van der Waals surface area contributed by atoms with Crippen LogP contribution in [0.15, 0.2) is 18.2 Å². The molecule has 0 saturated heterocycles. The number of anilines is 1. The van der Waals surface area contributed by atoms with Gasteiger partial charge in [0.05, 0.1) is 13.0 Å². The molecule has 2 heterocycles. The summed E-state index contributed by atoms with van der Waals surface area (Å²) in [5, 5.41) is 13.7. The minimum atomic E-state index is -0.0212. The van der Waals surface area contributed by atoms with Crippen molar-refractivity contribution in [2.24, 2.45) is 17.8 Å². The Morgan fingerprint density at radius 1 is 1.14 bits per heavy atom. The Kier molecular flexibility index (Phi) is 3.80. The van der Waals surface area contributed by atoms with E-state index in [-0.39, 0.29) is 11.3 Å². The third-order valence-corrected chi connectivity index (χ3v) is 8.37. The van der Waals surface area contributed by atoms with Crippen molar-refractivity contribution >= 4 is 22.4 Å². The Balaban J connectivity index is 1.15. The smallest absolute Gasteiger partial charge is 0.230 e. The SMILES string of the molecule is O=C(Cc1ccc2c(c1)CCO2)Nc1nnc(C23CC4CC(CC(C4)C2)C3)s1. The van der Waals surface area contributed by atoms with Gasteiger partial charge in [0.25, 0.3) is 0 Å². The van der Waals surface area contributed by atoms with Gasteiger partial charge in [0.15, 0.2) is 0 Å². The van der Waals surface area contributed by atoms with Gasteiger partial charge in [-0.3, -0.25) is 4.79 Å². The van der Waals surface area contributed by atoms with Gasteiger partial charge in [-0.2, -0.15) is 0 Å². The molecule has 28 heavy (non-hydrogen) atoms. The van der Waals surface area contributed by atoms with E-state index in [2.05, 4.69) is 21.6 Å². The summed E-state index contributed by atoms with van der Waals surface area (Å²) in [7, 11) is 0. The van der Waals surface area contributed by atoms with Gasteiger partial charge in [0.1, 0.15) is 10.8 Å². The molecule has 1 aliphatic heterocycles. The van der Waals surface area contributed by atoms with E-state index in [0.29, 0.717) is 11.6 Å². The van der Waals surface area contributed by atoms with Gasteiger partial charge < -0.3 is 10.1 Å². The number of hydrogen-bond acceptors (Lipinski definition) is 5. The summed E-state index contributed by atoms with van der Waals surface area (Å²) in [6.07, 6.45) is 9.39. The maximum absolute atomic E-state index is 12.5. The largest absolute Gasteiger partial charge is 0.493 e. The lowest BCUT2D eigenvalue weighted by Gasteiger charge is -2.55. The van der Waals surface area contributed by atoms with Crippen LogP contribution in [-0.4, -0.2) is 22.7 Å². The molecule has 4 bridgehead atoms. The molecular formula is C22H25N3O2S. The van der Waals surface area contributed by atoms with Gasteiger partial charge in [0.2, 0.25) is 11.0 Å². The van der Waals surface area contributed by atoms with E-state index in [1.807, 2.05) is 12.1 Å². The van der Waals surface area contributed by atoms with Gasteiger partial charge >= 0.3 is 0 Å². The summed E-state index contributed by atoms with van der Waals surface area (Å²) in [5.74, 6) is 3.59. The molecule has 4 aliphatic carbocycles. The van der Waals surface area contributed by atoms with E-state index in [1.165, 1.54) is 44.1 Å². The number of benzene rings is 1. The fraction of sp³-hybridized carbons (Fsp3) is 0.591. The van der Waals surface area contributed by atoms with Crippen LogP contribution in [0.5, 0.6) is 5.75 Å². The Bertz CT molecular complexity index is 902. The first-order chi connectivity index (χ1) is 13.6. The standard InChI is InChI=1S/C22H25N3O2S/c26-19(9-13-1-2-18-17(8-13)3-4-27-18)23-21-25-24-20(28-21)22-10-14-5-15(11-22)7-16(6-14)12-22/h1-2,8,14-16H,3-7,9-12H2,(H,23,25,26). The van der Waals surface area contributed by atoms with Crippen molar-refractivity contribution in [3.05, 3.63) is 34.3 Å². The van der Waals surface area contributed by atoms with Crippen LogP contribution in [0, 0.1) is 17.8 Å². The molecule has 1 aromatic heterocycles. The van der Waals surface area contributed by atoms with Gasteiger partial charge in [-0.15, -0.1) is 10.2 Å². The second-order valence-corrected chi connectivity index (χ2v) is 10.4. The summed E-state index contributed by atoms with van der Waals surface area (Å²) in [4.78, 5) is 12.5. The first kappa shape index (κ1) is 17.0. The number of rotatable bonds is 4. The van der Waals surface area contributed by atoms with Gasteiger partial charge in [0, 0.05) is 11.8 Å². The molecule has 0 unspecified atom stereocenters. The highest BCUT2D eigenvalue weighted by Gasteiger charge is 2.53. The molecule has 6 heteroatoms. The lowest BCUT2D eigenvalue weighted by Crippen LogP contribution is -2.48. The Morgan fingerprint density at radius 3 is 2.64 bits per heavy atom. The molecular weight excluding hydrogens is 370 g/mol. The third-order valence-electron chi connectivity index (χ3n) is 7.28. The quantitative estimate of drug-likeness (QED) is 0.846. The first-order valence-electron chi connectivity index (χ1n) is 10.5. The molecule has 4 fully saturated rings. The zero-order chi connectivity index (χ0) is 18.7. The van der Waals surface area contributed by atoms with Crippen molar-refractivity contribution in [3.8, 4) is 5.75 Å². The molecule has 2 aromatic rings. The average molecular weight is 396 g/mol. The summed E-state index contributed by atoms with van der Waals surface area (Å²) in [5.41, 5.74) is 2.47. The molecule has 5 aliphatic rings. The normalized spacial score (nSPS) is 32.2. The fourth-order valence-electron chi connectivity index (χ4n) is 6.56. The van der Waals surface area contributed by atoms with Crippen LogP contribution in [0.4, 0.5) is 5.13 Å². The molecule has 1 aromatic carbocycles. The van der Waals surface area contributed by atoms with Gasteiger partial charge in [-0.1, -0.05) is 23.5 Å². The van der Waals surface area contributed by atoms with Crippen LogP contribution in [0.25, 0.3) is 0 Å². The van der Waals surface area contributed by atoms with Crippen molar-refractivity contribution in [1.82, 2.24) is 10.2 Å². The number of amides is 1. The number of aromatic nitrogens is 2. The Morgan fingerprint density at radius 2 is 1.89 bits per heavy atom. The number of nitrogens with one attached hydrogen (secondary N) is 1. The van der Waals surface area contributed by atoms with E-state index in [9.17, 15) is 4.79 Å². The highest BCUT2D eigenvalue weighted by Crippen LogP contribution is 2.61. The Labute approximate surface area is 168 Å². The molecule has 7 rings (SSSR count). The maximum Gasteiger partial charge on any atom is 0.230 e. The molecule has 0 atom stereocenters. The maximum atomic E-state index is 12.5. The average Bonchev–Trinajstić information content (AvgIpc) is 3.29. The van der Waals surface area contributed by atoms with E-state index in [0.717, 1.165) is 47.1 Å². The molecule has 0 radical (unpaired) electrons. The summed E-state index contributed by atoms with van der Waals surface area (Å²) < 4.78 is 5.54. The second kappa shape index (κ2) is 6.28. The molecule has 4 saturated carbocycles. The van der Waals surface area contributed by atoms with Crippen molar-refractivity contribution in [1.29, 1.82) is 0 Å². The lowest BCUT2D eigenvalue weighted by molar-refractivity contribution is -0.115. The summed E-state index contributed by atoms with van der Waals surface area (Å²) in [6, 6.07) is 6.04. The van der Waals surface area contributed by atoms with E-state index in [1.54, 1.807) is 11.3 Å². The molecule has 0 spiro atoms. The Hall–Kier alpha value is -1.95. The minimum Gasteiger partial charge on any atom is -0.493 e. The van der Waals surface area contributed by atoms with Crippen LogP contribution < -0.4 is 10.1 Å². The van der Waals surface area contributed by atoms with Crippen molar-refractivity contribution < 1.29 is 9.53 Å². The molecule has 1 N–H and O–H groups in total. The first-order valence-corrected chi connectivity index (χ1v) is 11.4. The zero-order valence-electron chi connectivity index (χ0n) is 15.9. The van der Waals surface area contributed by atoms with Crippen molar-refractivity contribution in [2.45, 2.75) is 56.8 Å².